The lowest BCUT2D eigenvalue weighted by Crippen LogP contribution is -2.41. The van der Waals surface area contributed by atoms with Gasteiger partial charge in [-0.3, -0.25) is 4.98 Å². The topological polar surface area (TPSA) is 107 Å². The average molecular weight is 397 g/mol. The molecule has 0 bridgehead atoms. The number of hydrogen-bond donors (Lipinski definition) is 0. The van der Waals surface area contributed by atoms with E-state index < -0.39 is 5.60 Å². The Bertz CT molecular complexity index is 969. The molecule has 3 aromatic heterocycles. The van der Waals surface area contributed by atoms with Crippen LogP contribution in [0.3, 0.4) is 0 Å². The monoisotopic (exact) mass is 397 g/mol. The van der Waals surface area contributed by atoms with Crippen molar-refractivity contribution in [2.45, 2.75) is 45.1 Å². The summed E-state index contributed by atoms with van der Waals surface area (Å²) in [6.07, 6.45) is 5.87. The van der Waals surface area contributed by atoms with Crippen LogP contribution in [-0.2, 0) is 4.74 Å². The molecule has 0 saturated carbocycles. The van der Waals surface area contributed by atoms with Gasteiger partial charge in [-0.2, -0.15) is 4.98 Å². The number of nitrogens with zero attached hydrogens (tertiary/aromatic N) is 5. The van der Waals surface area contributed by atoms with Crippen LogP contribution in [0.1, 0.15) is 45.4 Å². The number of aromatic nitrogens is 4. The van der Waals surface area contributed by atoms with Gasteiger partial charge in [0.15, 0.2) is 18.0 Å². The molecular weight excluding hydrogens is 374 g/mol. The Morgan fingerprint density at radius 2 is 2.07 bits per heavy atom. The van der Waals surface area contributed by atoms with E-state index in [-0.39, 0.29) is 12.0 Å². The highest BCUT2D eigenvalue weighted by Gasteiger charge is 2.29. The summed E-state index contributed by atoms with van der Waals surface area (Å²) in [5, 5.41) is 4.16. The van der Waals surface area contributed by atoms with Gasteiger partial charge in [0.05, 0.1) is 6.20 Å². The molecule has 0 spiro atoms. The highest BCUT2D eigenvalue weighted by molar-refractivity contribution is 5.68. The molecule has 152 valence electrons. The zero-order valence-corrected chi connectivity index (χ0v) is 16.7. The van der Waals surface area contributed by atoms with Gasteiger partial charge in [0.2, 0.25) is 0 Å². The second kappa shape index (κ2) is 7.65. The minimum absolute atomic E-state index is 0.141. The first-order valence-electron chi connectivity index (χ1n) is 9.56. The number of pyridine rings is 1. The molecule has 9 nitrogen and oxygen atoms in total. The van der Waals surface area contributed by atoms with E-state index in [9.17, 15) is 4.79 Å². The van der Waals surface area contributed by atoms with Crippen molar-refractivity contribution in [2.24, 2.45) is 0 Å². The van der Waals surface area contributed by atoms with Crippen LogP contribution in [0.5, 0.6) is 0 Å². The maximum absolute atomic E-state index is 12.2. The van der Waals surface area contributed by atoms with Gasteiger partial charge in [0.25, 0.3) is 5.89 Å². The van der Waals surface area contributed by atoms with Gasteiger partial charge in [0, 0.05) is 30.8 Å². The van der Waals surface area contributed by atoms with Crippen LogP contribution in [0.4, 0.5) is 4.79 Å². The molecule has 4 rings (SSSR count). The van der Waals surface area contributed by atoms with Crippen molar-refractivity contribution >= 4 is 6.09 Å². The van der Waals surface area contributed by atoms with Crippen LogP contribution >= 0.6 is 0 Å². The lowest BCUT2D eigenvalue weighted by molar-refractivity contribution is 0.0203. The Kier molecular flexibility index (Phi) is 5.04. The molecule has 9 heteroatoms. The van der Waals surface area contributed by atoms with Gasteiger partial charge in [-0.25, -0.2) is 9.78 Å². The van der Waals surface area contributed by atoms with Crippen LogP contribution in [-0.4, -0.2) is 49.8 Å². The second-order valence-electron chi connectivity index (χ2n) is 7.99. The minimum atomic E-state index is -0.494. The molecule has 4 heterocycles. The van der Waals surface area contributed by atoms with Gasteiger partial charge in [0.1, 0.15) is 11.3 Å². The molecule has 29 heavy (non-hydrogen) atoms. The van der Waals surface area contributed by atoms with Crippen LogP contribution in [0.25, 0.3) is 22.9 Å². The van der Waals surface area contributed by atoms with Crippen molar-refractivity contribution in [2.75, 3.05) is 13.1 Å². The maximum atomic E-state index is 12.2. The van der Waals surface area contributed by atoms with Crippen molar-refractivity contribution in [3.63, 3.8) is 0 Å². The van der Waals surface area contributed by atoms with E-state index in [1.54, 1.807) is 17.3 Å². The third-order valence-electron chi connectivity index (χ3n) is 4.65. The smallest absolute Gasteiger partial charge is 0.410 e. The third kappa shape index (κ3) is 4.44. The molecular formula is C20H23N5O4. The summed E-state index contributed by atoms with van der Waals surface area (Å²) < 4.78 is 16.2. The molecule has 1 fully saturated rings. The summed E-state index contributed by atoms with van der Waals surface area (Å²) in [4.78, 5) is 26.7. The third-order valence-corrected chi connectivity index (χ3v) is 4.65. The zero-order valence-electron chi connectivity index (χ0n) is 16.7. The molecule has 1 saturated heterocycles. The Morgan fingerprint density at radius 3 is 2.76 bits per heavy atom. The lowest BCUT2D eigenvalue weighted by atomic mass is 9.96. The largest absolute Gasteiger partial charge is 0.444 e. The SMILES string of the molecule is CC(C)(C)OC(=O)N1CCC(c2noc(-c3ccnc(-c4cnco4)c3)n2)CC1. The molecule has 0 N–H and O–H groups in total. The first-order chi connectivity index (χ1) is 13.9. The number of rotatable bonds is 3. The van der Waals surface area contributed by atoms with E-state index >= 15 is 0 Å². The molecule has 0 atom stereocenters. The molecule has 0 radical (unpaired) electrons. The van der Waals surface area contributed by atoms with Crippen LogP contribution in [0.15, 0.2) is 39.9 Å². The Labute approximate surface area is 168 Å². The average Bonchev–Trinajstić information content (AvgIpc) is 3.39. The first-order valence-corrected chi connectivity index (χ1v) is 9.56. The Balaban J connectivity index is 1.42. The fraction of sp³-hybridized carbons (Fsp3) is 0.450. The minimum Gasteiger partial charge on any atom is -0.444 e. The zero-order chi connectivity index (χ0) is 20.4. The second-order valence-corrected chi connectivity index (χ2v) is 7.99. The summed E-state index contributed by atoms with van der Waals surface area (Å²) in [6.45, 7) is 6.81. The molecule has 0 aromatic carbocycles. The molecule has 1 aliphatic rings. The summed E-state index contributed by atoms with van der Waals surface area (Å²) in [5.41, 5.74) is 0.910. The van der Waals surface area contributed by atoms with E-state index in [4.69, 9.17) is 13.7 Å². The first kappa shape index (κ1) is 19.1. The lowest BCUT2D eigenvalue weighted by Gasteiger charge is -2.32. The normalized spacial score (nSPS) is 15.5. The number of likely N-dealkylation sites (tertiary alicyclic amines) is 1. The molecule has 3 aromatic rings. The van der Waals surface area contributed by atoms with Gasteiger partial charge >= 0.3 is 6.09 Å². The number of hydrogen-bond acceptors (Lipinski definition) is 8. The number of carbonyl (C=O) groups excluding carboxylic acids is 1. The molecule has 0 aliphatic carbocycles. The standard InChI is InChI=1S/C20H23N5O4/c1-20(2,3)28-19(26)25-8-5-13(6-9-25)17-23-18(29-24-17)14-4-7-22-15(10-14)16-11-21-12-27-16/h4,7,10-13H,5-6,8-9H2,1-3H3. The molecule has 1 aliphatic heterocycles. The van der Waals surface area contributed by atoms with Gasteiger partial charge in [-0.1, -0.05) is 5.16 Å². The number of carbonyl (C=O) groups is 1. The van der Waals surface area contributed by atoms with Crippen molar-refractivity contribution in [1.82, 2.24) is 25.0 Å². The van der Waals surface area contributed by atoms with Gasteiger partial charge in [-0.15, -0.1) is 0 Å². The van der Waals surface area contributed by atoms with Crippen LogP contribution < -0.4 is 0 Å². The predicted octanol–water partition coefficient (Wildman–Crippen LogP) is 3.90. The van der Waals surface area contributed by atoms with Crippen LogP contribution in [0.2, 0.25) is 0 Å². The van der Waals surface area contributed by atoms with Crippen molar-refractivity contribution < 1.29 is 18.5 Å². The Hall–Kier alpha value is -3.23. The predicted molar refractivity (Wildman–Crippen MR) is 103 cm³/mol. The van der Waals surface area contributed by atoms with Crippen molar-refractivity contribution in [1.29, 1.82) is 0 Å². The van der Waals surface area contributed by atoms with E-state index in [0.717, 1.165) is 18.4 Å². The number of piperidine rings is 1. The van der Waals surface area contributed by atoms with Gasteiger partial charge < -0.3 is 18.6 Å². The fourth-order valence-electron chi connectivity index (χ4n) is 3.21. The van der Waals surface area contributed by atoms with E-state index in [0.29, 0.717) is 36.3 Å². The van der Waals surface area contributed by atoms with Crippen LogP contribution in [0, 0.1) is 0 Å². The number of amides is 1. The summed E-state index contributed by atoms with van der Waals surface area (Å²) >= 11 is 0. The fourth-order valence-corrected chi connectivity index (χ4v) is 3.21. The summed E-state index contributed by atoms with van der Waals surface area (Å²) in [7, 11) is 0. The highest BCUT2D eigenvalue weighted by Crippen LogP contribution is 2.29. The maximum Gasteiger partial charge on any atom is 0.410 e. The van der Waals surface area contributed by atoms with Gasteiger partial charge in [-0.05, 0) is 45.7 Å². The number of ether oxygens (including phenoxy) is 1. The van der Waals surface area contributed by atoms with E-state index in [1.165, 1.54) is 6.39 Å². The quantitative estimate of drug-likeness (QED) is 0.655. The summed E-state index contributed by atoms with van der Waals surface area (Å²) in [5.74, 6) is 1.79. The van der Waals surface area contributed by atoms with Crippen molar-refractivity contribution in [3.8, 4) is 22.9 Å². The van der Waals surface area contributed by atoms with E-state index in [2.05, 4.69) is 20.1 Å². The van der Waals surface area contributed by atoms with E-state index in [1.807, 2.05) is 32.9 Å². The molecule has 0 unspecified atom stereocenters. The van der Waals surface area contributed by atoms with Crippen molar-refractivity contribution in [3.05, 3.63) is 36.7 Å². The molecule has 1 amide bonds. The summed E-state index contributed by atoms with van der Waals surface area (Å²) in [6, 6.07) is 3.63. The number of oxazole rings is 1. The Morgan fingerprint density at radius 1 is 1.28 bits per heavy atom. The highest BCUT2D eigenvalue weighted by atomic mass is 16.6.